The van der Waals surface area contributed by atoms with Gasteiger partial charge in [-0.2, -0.15) is 0 Å². The Morgan fingerprint density at radius 3 is 2.30 bits per heavy atom. The Morgan fingerprint density at radius 1 is 0.826 bits per heavy atom. The highest BCUT2D eigenvalue weighted by atomic mass is 16.5. The summed E-state index contributed by atoms with van der Waals surface area (Å²) in [7, 11) is 1.61. The molecule has 1 atom stereocenters. The van der Waals surface area contributed by atoms with Crippen LogP contribution >= 0.6 is 0 Å². The first kappa shape index (κ1) is 30.5. The molecule has 0 fully saturated rings. The maximum atomic E-state index is 14.5. The van der Waals surface area contributed by atoms with E-state index in [0.29, 0.717) is 25.3 Å². The highest BCUT2D eigenvalue weighted by Crippen LogP contribution is 2.25. The smallest absolute Gasteiger partial charge is 0.247 e. The fraction of sp³-hybridized carbons (Fsp3) is 0.175. The fourth-order valence-corrected chi connectivity index (χ4v) is 5.98. The second-order valence-electron chi connectivity index (χ2n) is 11.4. The van der Waals surface area contributed by atoms with Crippen LogP contribution in [0.25, 0.3) is 17.3 Å². The number of rotatable bonds is 10. The van der Waals surface area contributed by atoms with E-state index in [2.05, 4.69) is 17.1 Å². The molecule has 6 nitrogen and oxygen atoms in total. The lowest BCUT2D eigenvalue weighted by Crippen LogP contribution is -2.52. The molecule has 0 unspecified atom stereocenters. The van der Waals surface area contributed by atoms with Crippen molar-refractivity contribution >= 4 is 17.9 Å². The van der Waals surface area contributed by atoms with Gasteiger partial charge in [0.2, 0.25) is 11.8 Å². The molecule has 0 saturated carbocycles. The Labute approximate surface area is 270 Å². The summed E-state index contributed by atoms with van der Waals surface area (Å²) in [6.07, 6.45) is 6.28. The molecule has 0 spiro atoms. The molecule has 0 saturated heterocycles. The van der Waals surface area contributed by atoms with E-state index >= 15 is 0 Å². The van der Waals surface area contributed by atoms with Gasteiger partial charge in [-0.25, -0.2) is 0 Å². The van der Waals surface area contributed by atoms with E-state index in [1.807, 2.05) is 114 Å². The average molecular weight is 608 g/mol. The maximum absolute atomic E-state index is 14.5. The van der Waals surface area contributed by atoms with Crippen molar-refractivity contribution in [3.63, 3.8) is 0 Å². The lowest BCUT2D eigenvalue weighted by molar-refractivity contribution is -0.144. The van der Waals surface area contributed by atoms with Crippen LogP contribution in [0.2, 0.25) is 0 Å². The van der Waals surface area contributed by atoms with E-state index < -0.39 is 6.04 Å². The summed E-state index contributed by atoms with van der Waals surface area (Å²) in [6, 6.07) is 38.9. The summed E-state index contributed by atoms with van der Waals surface area (Å²) in [4.78, 5) is 36.9. The van der Waals surface area contributed by atoms with Crippen LogP contribution in [0.4, 0.5) is 0 Å². The van der Waals surface area contributed by atoms with E-state index in [-0.39, 0.29) is 18.4 Å². The number of para-hydroxylation sites is 1. The Morgan fingerprint density at radius 2 is 1.54 bits per heavy atom. The number of hydrogen-bond acceptors (Lipinski definition) is 4. The number of fused-ring (bicyclic) bond motifs is 1. The van der Waals surface area contributed by atoms with Crippen LogP contribution < -0.4 is 4.74 Å². The van der Waals surface area contributed by atoms with Gasteiger partial charge < -0.3 is 14.5 Å². The van der Waals surface area contributed by atoms with Gasteiger partial charge >= 0.3 is 0 Å². The molecule has 0 N–H and O–H groups in total. The van der Waals surface area contributed by atoms with Crippen molar-refractivity contribution < 1.29 is 14.3 Å². The highest BCUT2D eigenvalue weighted by Gasteiger charge is 2.34. The summed E-state index contributed by atoms with van der Waals surface area (Å²) < 4.78 is 5.51. The quantitative estimate of drug-likeness (QED) is 0.161. The molecule has 5 aromatic rings. The summed E-state index contributed by atoms with van der Waals surface area (Å²) in [5.74, 6) is 0.376. The van der Waals surface area contributed by atoms with Crippen molar-refractivity contribution in [2.75, 3.05) is 13.7 Å². The predicted octanol–water partition coefficient (Wildman–Crippen LogP) is 7.00. The zero-order chi connectivity index (χ0) is 31.7. The largest absolute Gasteiger partial charge is 0.496 e. The third-order valence-corrected chi connectivity index (χ3v) is 8.47. The lowest BCUT2D eigenvalue weighted by atomic mass is 9.97. The molecule has 0 aliphatic carbocycles. The Balaban J connectivity index is 1.35. The van der Waals surface area contributed by atoms with E-state index in [1.165, 1.54) is 5.56 Å². The molecule has 1 aromatic heterocycles. The molecular formula is C40H37N3O3. The van der Waals surface area contributed by atoms with E-state index in [0.717, 1.165) is 39.9 Å². The molecule has 0 bridgehead atoms. The molecule has 1 aliphatic heterocycles. The van der Waals surface area contributed by atoms with Crippen LogP contribution in [0.1, 0.15) is 27.8 Å². The van der Waals surface area contributed by atoms with Crippen LogP contribution in [0, 0.1) is 0 Å². The topological polar surface area (TPSA) is 62.7 Å². The number of ether oxygens (including phenoxy) is 1. The number of amides is 2. The molecule has 2 heterocycles. The first-order valence-electron chi connectivity index (χ1n) is 15.6. The van der Waals surface area contributed by atoms with Crippen molar-refractivity contribution in [3.8, 4) is 17.0 Å². The zero-order valence-corrected chi connectivity index (χ0v) is 26.0. The van der Waals surface area contributed by atoms with Crippen LogP contribution in [-0.4, -0.2) is 46.3 Å². The average Bonchev–Trinajstić information content (AvgIpc) is 3.12. The van der Waals surface area contributed by atoms with E-state index in [4.69, 9.17) is 4.74 Å². The summed E-state index contributed by atoms with van der Waals surface area (Å²) in [5, 5.41) is 0. The van der Waals surface area contributed by atoms with Crippen molar-refractivity contribution in [1.29, 1.82) is 0 Å². The van der Waals surface area contributed by atoms with E-state index in [9.17, 15) is 9.59 Å². The minimum Gasteiger partial charge on any atom is -0.496 e. The fourth-order valence-electron chi connectivity index (χ4n) is 5.98. The molecule has 4 aromatic carbocycles. The number of aromatic nitrogens is 1. The molecular weight excluding hydrogens is 570 g/mol. The Hall–Kier alpha value is -5.49. The van der Waals surface area contributed by atoms with Gasteiger partial charge in [-0.3, -0.25) is 14.6 Å². The molecule has 230 valence electrons. The van der Waals surface area contributed by atoms with E-state index in [1.54, 1.807) is 30.4 Å². The van der Waals surface area contributed by atoms with Crippen molar-refractivity contribution in [2.45, 2.75) is 32.0 Å². The van der Waals surface area contributed by atoms with Crippen LogP contribution in [0.5, 0.6) is 5.75 Å². The van der Waals surface area contributed by atoms with Gasteiger partial charge in [-0.05, 0) is 52.9 Å². The predicted molar refractivity (Wildman–Crippen MR) is 182 cm³/mol. The van der Waals surface area contributed by atoms with Gasteiger partial charge in [0, 0.05) is 49.5 Å². The molecule has 6 rings (SSSR count). The monoisotopic (exact) mass is 607 g/mol. The Kier molecular flexibility index (Phi) is 9.64. The lowest BCUT2D eigenvalue weighted by Gasteiger charge is -2.37. The minimum atomic E-state index is -0.710. The van der Waals surface area contributed by atoms with Gasteiger partial charge in [0.25, 0.3) is 0 Å². The van der Waals surface area contributed by atoms with Crippen molar-refractivity contribution in [3.05, 3.63) is 161 Å². The SMILES string of the molecule is COc1ccccc1/C=C/C(=O)N(Cc1ccc(-c2ccccn2)cc1)[C@@H](Cc1ccccc1)C(=O)N1CCc2ccccc2C1. The molecule has 1 aliphatic rings. The van der Waals surface area contributed by atoms with Gasteiger partial charge in [-0.1, -0.05) is 103 Å². The normalized spacial score (nSPS) is 13.2. The number of benzene rings is 4. The number of carbonyl (C=O) groups excluding carboxylic acids is 2. The first-order valence-corrected chi connectivity index (χ1v) is 15.6. The first-order chi connectivity index (χ1) is 22.6. The number of methoxy groups -OCH3 is 1. The summed E-state index contributed by atoms with van der Waals surface area (Å²) in [6.45, 7) is 1.41. The second-order valence-corrected chi connectivity index (χ2v) is 11.4. The van der Waals surface area contributed by atoms with Crippen molar-refractivity contribution in [1.82, 2.24) is 14.8 Å². The molecule has 6 heteroatoms. The maximum Gasteiger partial charge on any atom is 0.247 e. The standard InChI is InChI=1S/C40H37N3O3/c1-46-38-17-8-7-14-34(38)22-23-39(44)43(28-31-18-20-33(21-19-31)36-16-9-10-25-41-36)37(27-30-11-3-2-4-12-30)40(45)42-26-24-32-13-5-6-15-35(32)29-42/h2-23,25,37H,24,26-29H2,1H3/b23-22+/t37-/m0/s1. The number of carbonyl (C=O) groups is 2. The Bertz CT molecular complexity index is 1800. The number of pyridine rings is 1. The third kappa shape index (κ3) is 7.24. The van der Waals surface area contributed by atoms with Gasteiger partial charge in [-0.15, -0.1) is 0 Å². The molecule has 0 radical (unpaired) electrons. The van der Waals surface area contributed by atoms with Crippen LogP contribution in [-0.2, 0) is 35.5 Å². The molecule has 2 amide bonds. The number of hydrogen-bond donors (Lipinski definition) is 0. The highest BCUT2D eigenvalue weighted by molar-refractivity contribution is 5.96. The van der Waals surface area contributed by atoms with Crippen LogP contribution in [0.15, 0.2) is 134 Å². The van der Waals surface area contributed by atoms with Crippen LogP contribution in [0.3, 0.4) is 0 Å². The third-order valence-electron chi connectivity index (χ3n) is 8.47. The van der Waals surface area contributed by atoms with Gasteiger partial charge in [0.1, 0.15) is 11.8 Å². The zero-order valence-electron chi connectivity index (χ0n) is 26.0. The molecule has 46 heavy (non-hydrogen) atoms. The van der Waals surface area contributed by atoms with Gasteiger partial charge in [0.15, 0.2) is 0 Å². The minimum absolute atomic E-state index is 0.0532. The summed E-state index contributed by atoms with van der Waals surface area (Å²) >= 11 is 0. The summed E-state index contributed by atoms with van der Waals surface area (Å²) in [5.41, 5.74) is 7.00. The van der Waals surface area contributed by atoms with Crippen molar-refractivity contribution in [2.24, 2.45) is 0 Å². The number of nitrogens with zero attached hydrogens (tertiary/aromatic N) is 3. The second kappa shape index (κ2) is 14.5. The van der Waals surface area contributed by atoms with Gasteiger partial charge in [0.05, 0.1) is 12.8 Å².